The molecule has 2 amide bonds. The zero-order valence-electron chi connectivity index (χ0n) is 7.10. The van der Waals surface area contributed by atoms with E-state index in [0.29, 0.717) is 6.61 Å². The molecular formula is C6H15N3O2. The van der Waals surface area contributed by atoms with E-state index in [4.69, 9.17) is 10.6 Å². The third-order valence-electron chi connectivity index (χ3n) is 1.09. The van der Waals surface area contributed by atoms with E-state index in [-0.39, 0.29) is 0 Å². The number of carbonyl (C=O) groups excluding carboxylic acids is 1. The van der Waals surface area contributed by atoms with Gasteiger partial charge >= 0.3 is 6.03 Å². The van der Waals surface area contributed by atoms with Crippen molar-refractivity contribution in [3.8, 4) is 0 Å². The second-order valence-electron chi connectivity index (χ2n) is 2.92. The van der Waals surface area contributed by atoms with Crippen LogP contribution >= 0.6 is 0 Å². The molecule has 0 aliphatic heterocycles. The zero-order valence-corrected chi connectivity index (χ0v) is 7.10. The Kier molecular flexibility index (Phi) is 3.84. The summed E-state index contributed by atoms with van der Waals surface area (Å²) in [5, 5.41) is 2.61. The Morgan fingerprint density at radius 3 is 2.55 bits per heavy atom. The first-order valence-corrected chi connectivity index (χ1v) is 3.29. The average molecular weight is 161 g/mol. The van der Waals surface area contributed by atoms with Gasteiger partial charge in [-0.25, -0.2) is 10.6 Å². The molecule has 0 saturated carbocycles. The highest BCUT2D eigenvalue weighted by molar-refractivity contribution is 5.73. The smallest absolute Gasteiger partial charge is 0.329 e. The van der Waals surface area contributed by atoms with Gasteiger partial charge in [0.15, 0.2) is 0 Å². The summed E-state index contributed by atoms with van der Waals surface area (Å²) in [6.07, 6.45) is 0. The highest BCUT2D eigenvalue weighted by Crippen LogP contribution is 2.00. The van der Waals surface area contributed by atoms with Crippen LogP contribution in [0.4, 0.5) is 4.79 Å². The van der Waals surface area contributed by atoms with Crippen molar-refractivity contribution in [1.82, 2.24) is 10.7 Å². The lowest BCUT2D eigenvalue weighted by Gasteiger charge is -2.24. The molecule has 0 fully saturated rings. The molecule has 5 nitrogen and oxygen atoms in total. The molecule has 0 aromatic rings. The van der Waals surface area contributed by atoms with Crippen molar-refractivity contribution in [2.45, 2.75) is 19.4 Å². The maximum atomic E-state index is 10.7. The number of hydrogen-bond donors (Lipinski definition) is 3. The van der Waals surface area contributed by atoms with Crippen LogP contribution in [0.3, 0.4) is 0 Å². The number of rotatable bonds is 3. The van der Waals surface area contributed by atoms with Crippen molar-refractivity contribution in [2.75, 3.05) is 13.7 Å². The molecule has 0 rings (SSSR count). The molecule has 0 aliphatic rings. The van der Waals surface area contributed by atoms with Crippen LogP contribution in [0.1, 0.15) is 13.8 Å². The van der Waals surface area contributed by atoms with E-state index in [9.17, 15) is 4.79 Å². The number of hydrazine groups is 1. The molecule has 0 radical (unpaired) electrons. The summed E-state index contributed by atoms with van der Waals surface area (Å²) in [7, 11) is 1.57. The molecule has 0 atom stereocenters. The molecule has 0 aromatic carbocycles. The van der Waals surface area contributed by atoms with Gasteiger partial charge < -0.3 is 10.1 Å². The van der Waals surface area contributed by atoms with Crippen LogP contribution in [0.5, 0.6) is 0 Å². The van der Waals surface area contributed by atoms with Gasteiger partial charge in [-0.3, -0.25) is 5.43 Å². The predicted molar refractivity (Wildman–Crippen MR) is 41.8 cm³/mol. The maximum Gasteiger partial charge on any atom is 0.329 e. The first-order chi connectivity index (χ1) is 5.02. The fraction of sp³-hybridized carbons (Fsp3) is 0.833. The SMILES string of the molecule is COCC(C)(C)NC(=O)NN. The number of nitrogens with one attached hydrogen (secondary N) is 2. The largest absolute Gasteiger partial charge is 0.382 e. The summed E-state index contributed by atoms with van der Waals surface area (Å²) in [4.78, 5) is 10.7. The van der Waals surface area contributed by atoms with Gasteiger partial charge in [0.1, 0.15) is 0 Å². The van der Waals surface area contributed by atoms with E-state index in [2.05, 4.69) is 5.32 Å². The van der Waals surface area contributed by atoms with Gasteiger partial charge in [0.2, 0.25) is 0 Å². The molecule has 66 valence electrons. The summed E-state index contributed by atoms with van der Waals surface area (Å²) in [6, 6.07) is -0.410. The van der Waals surface area contributed by atoms with Crippen molar-refractivity contribution < 1.29 is 9.53 Å². The van der Waals surface area contributed by atoms with Crippen LogP contribution in [0, 0.1) is 0 Å². The summed E-state index contributed by atoms with van der Waals surface area (Å²) in [5.74, 6) is 4.87. The highest BCUT2D eigenvalue weighted by atomic mass is 16.5. The minimum absolute atomic E-state index is 0.391. The molecule has 0 spiro atoms. The van der Waals surface area contributed by atoms with Crippen molar-refractivity contribution in [3.05, 3.63) is 0 Å². The third kappa shape index (κ3) is 4.58. The van der Waals surface area contributed by atoms with E-state index < -0.39 is 11.6 Å². The average Bonchev–Trinajstić information content (AvgIpc) is 1.86. The van der Waals surface area contributed by atoms with Gasteiger partial charge in [-0.15, -0.1) is 0 Å². The summed E-state index contributed by atoms with van der Waals surface area (Å²) in [5.41, 5.74) is 1.58. The molecule has 0 aromatic heterocycles. The number of nitrogens with two attached hydrogens (primary N) is 1. The predicted octanol–water partition coefficient (Wildman–Crippen LogP) is -0.416. The second-order valence-corrected chi connectivity index (χ2v) is 2.92. The molecule has 0 bridgehead atoms. The molecule has 11 heavy (non-hydrogen) atoms. The van der Waals surface area contributed by atoms with Gasteiger partial charge in [-0.2, -0.15) is 0 Å². The minimum Gasteiger partial charge on any atom is -0.382 e. The number of amides is 2. The van der Waals surface area contributed by atoms with Gasteiger partial charge in [-0.1, -0.05) is 0 Å². The standard InChI is InChI=1S/C6H15N3O2/c1-6(2,4-11-3)8-5(10)9-7/h4,7H2,1-3H3,(H2,8,9,10). The third-order valence-corrected chi connectivity index (χ3v) is 1.09. The second kappa shape index (κ2) is 4.15. The number of carbonyl (C=O) groups is 1. The monoisotopic (exact) mass is 161 g/mol. The number of ether oxygens (including phenoxy) is 1. The maximum absolute atomic E-state index is 10.7. The first kappa shape index (κ1) is 10.2. The van der Waals surface area contributed by atoms with Crippen molar-refractivity contribution in [3.63, 3.8) is 0 Å². The molecule has 0 aliphatic carbocycles. The van der Waals surface area contributed by atoms with E-state index in [1.165, 1.54) is 0 Å². The van der Waals surface area contributed by atoms with Gasteiger partial charge in [-0.05, 0) is 13.8 Å². The normalized spacial score (nSPS) is 10.9. The molecular weight excluding hydrogens is 146 g/mol. The quantitative estimate of drug-likeness (QED) is 0.299. The lowest BCUT2D eigenvalue weighted by Crippen LogP contribution is -2.52. The van der Waals surface area contributed by atoms with E-state index in [1.54, 1.807) is 7.11 Å². The number of hydrogen-bond acceptors (Lipinski definition) is 3. The van der Waals surface area contributed by atoms with Gasteiger partial charge in [0.05, 0.1) is 12.1 Å². The first-order valence-electron chi connectivity index (χ1n) is 3.29. The van der Waals surface area contributed by atoms with Crippen molar-refractivity contribution in [2.24, 2.45) is 5.84 Å². The Morgan fingerprint density at radius 1 is 1.64 bits per heavy atom. The van der Waals surface area contributed by atoms with Crippen LogP contribution in [0.2, 0.25) is 0 Å². The van der Waals surface area contributed by atoms with Gasteiger partial charge in [0, 0.05) is 7.11 Å². The molecule has 0 saturated heterocycles. The van der Waals surface area contributed by atoms with E-state index in [0.717, 1.165) is 0 Å². The van der Waals surface area contributed by atoms with Crippen LogP contribution in [-0.4, -0.2) is 25.3 Å². The Bertz CT molecular complexity index is 136. The van der Waals surface area contributed by atoms with Crippen LogP contribution in [-0.2, 0) is 4.74 Å². The van der Waals surface area contributed by atoms with Crippen molar-refractivity contribution in [1.29, 1.82) is 0 Å². The molecule has 5 heteroatoms. The Balaban J connectivity index is 3.80. The topological polar surface area (TPSA) is 76.4 Å². The van der Waals surface area contributed by atoms with Crippen LogP contribution in [0.25, 0.3) is 0 Å². The minimum atomic E-state index is -0.410. The summed E-state index contributed by atoms with van der Waals surface area (Å²) in [6.45, 7) is 4.12. The zero-order chi connectivity index (χ0) is 8.91. The Morgan fingerprint density at radius 2 is 2.18 bits per heavy atom. The fourth-order valence-corrected chi connectivity index (χ4v) is 0.740. The van der Waals surface area contributed by atoms with E-state index >= 15 is 0 Å². The lowest BCUT2D eigenvalue weighted by molar-refractivity contribution is 0.131. The Labute approximate surface area is 66.2 Å². The van der Waals surface area contributed by atoms with Crippen LogP contribution in [0.15, 0.2) is 0 Å². The number of methoxy groups -OCH3 is 1. The summed E-state index contributed by atoms with van der Waals surface area (Å²) >= 11 is 0. The van der Waals surface area contributed by atoms with Gasteiger partial charge in [0.25, 0.3) is 0 Å². The molecule has 0 heterocycles. The van der Waals surface area contributed by atoms with Crippen molar-refractivity contribution >= 4 is 6.03 Å². The Hall–Kier alpha value is -0.810. The lowest BCUT2D eigenvalue weighted by atomic mass is 10.1. The summed E-state index contributed by atoms with van der Waals surface area (Å²) < 4.78 is 4.87. The highest BCUT2D eigenvalue weighted by Gasteiger charge is 2.19. The molecule has 0 unspecified atom stereocenters. The number of urea groups is 1. The fourth-order valence-electron chi connectivity index (χ4n) is 0.740. The molecule has 4 N–H and O–H groups in total. The van der Waals surface area contributed by atoms with E-state index in [1.807, 2.05) is 19.3 Å². The van der Waals surface area contributed by atoms with Crippen LogP contribution < -0.4 is 16.6 Å².